The first-order valence-electron chi connectivity index (χ1n) is 21.4. The van der Waals surface area contributed by atoms with Crippen LogP contribution >= 0.6 is 0 Å². The molecule has 2 aliphatic rings. The zero-order chi connectivity index (χ0) is 39.9. The van der Waals surface area contributed by atoms with E-state index in [4.69, 9.17) is 9.97 Å². The summed E-state index contributed by atoms with van der Waals surface area (Å²) in [4.78, 5) is 10.2. The average Bonchev–Trinajstić information content (AvgIpc) is 3.60. The third-order valence-electron chi connectivity index (χ3n) is 13.0. The highest BCUT2D eigenvalue weighted by molar-refractivity contribution is 5.85. The molecule has 9 aromatic rings. The molecule has 0 aliphatic heterocycles. The Morgan fingerprint density at radius 2 is 0.667 bits per heavy atom. The highest BCUT2D eigenvalue weighted by atomic mass is 14.9. The Labute approximate surface area is 353 Å². The molecule has 8 aromatic carbocycles. The third-order valence-corrected chi connectivity index (χ3v) is 13.0. The second-order valence-corrected chi connectivity index (χ2v) is 16.5. The lowest BCUT2D eigenvalue weighted by Crippen LogP contribution is -2.27. The van der Waals surface area contributed by atoms with Crippen LogP contribution in [0.3, 0.4) is 0 Å². The van der Waals surface area contributed by atoms with Gasteiger partial charge in [-0.3, -0.25) is 0 Å². The van der Waals surface area contributed by atoms with Crippen molar-refractivity contribution < 1.29 is 0 Å². The molecule has 0 N–H and O–H groups in total. The molecule has 0 radical (unpaired) electrons. The predicted molar refractivity (Wildman–Crippen MR) is 249 cm³/mol. The number of hydrogen-bond acceptors (Lipinski definition) is 2. The van der Waals surface area contributed by atoms with Crippen molar-refractivity contribution in [2.45, 2.75) is 37.5 Å². The van der Waals surface area contributed by atoms with Gasteiger partial charge in [-0.05, 0) is 91.7 Å². The molecule has 286 valence electrons. The molecular formula is C58H44N2. The first kappa shape index (κ1) is 36.0. The molecule has 2 heteroatoms. The summed E-state index contributed by atoms with van der Waals surface area (Å²) in [7, 11) is 0. The van der Waals surface area contributed by atoms with E-state index in [9.17, 15) is 0 Å². The summed E-state index contributed by atoms with van der Waals surface area (Å²) < 4.78 is 0. The summed E-state index contributed by atoms with van der Waals surface area (Å²) in [5.74, 6) is 0.710. The number of rotatable bonds is 7. The number of aromatic nitrogens is 2. The fraction of sp³-hybridized carbons (Fsp3) is 0.103. The van der Waals surface area contributed by atoms with Gasteiger partial charge >= 0.3 is 0 Å². The van der Waals surface area contributed by atoms with Gasteiger partial charge in [0, 0.05) is 22.1 Å². The molecule has 0 bridgehead atoms. The minimum absolute atomic E-state index is 0.199. The maximum Gasteiger partial charge on any atom is 0.160 e. The topological polar surface area (TPSA) is 25.8 Å². The van der Waals surface area contributed by atoms with E-state index in [2.05, 4.69) is 194 Å². The summed E-state index contributed by atoms with van der Waals surface area (Å²) in [5, 5.41) is 0. The Morgan fingerprint density at radius 3 is 1.22 bits per heavy atom. The van der Waals surface area contributed by atoms with Gasteiger partial charge in [-0.2, -0.15) is 0 Å². The molecule has 0 amide bonds. The van der Waals surface area contributed by atoms with Gasteiger partial charge in [0.05, 0.1) is 11.4 Å². The van der Waals surface area contributed by atoms with Crippen LogP contribution in [0.1, 0.15) is 43.2 Å². The summed E-state index contributed by atoms with van der Waals surface area (Å²) >= 11 is 0. The Balaban J connectivity index is 0.834. The van der Waals surface area contributed by atoms with E-state index in [1.807, 2.05) is 12.1 Å². The lowest BCUT2D eigenvalue weighted by molar-refractivity contribution is 0.353. The molecule has 11 rings (SSSR count). The van der Waals surface area contributed by atoms with Crippen molar-refractivity contribution in [2.75, 3.05) is 0 Å². The van der Waals surface area contributed by atoms with Crippen LogP contribution in [0.25, 0.3) is 89.5 Å². The van der Waals surface area contributed by atoms with E-state index in [0.717, 1.165) is 33.6 Å². The van der Waals surface area contributed by atoms with E-state index >= 15 is 0 Å². The van der Waals surface area contributed by atoms with Crippen molar-refractivity contribution in [1.82, 2.24) is 9.97 Å². The molecule has 1 spiro atoms. The van der Waals surface area contributed by atoms with Crippen LogP contribution in [0.4, 0.5) is 0 Å². The molecule has 1 saturated carbocycles. The second-order valence-electron chi connectivity index (χ2n) is 16.5. The molecule has 2 aliphatic carbocycles. The predicted octanol–water partition coefficient (Wildman–Crippen LogP) is 15.4. The van der Waals surface area contributed by atoms with E-state index in [0.29, 0.717) is 5.82 Å². The number of hydrogen-bond donors (Lipinski definition) is 0. The Bertz CT molecular complexity index is 2940. The quantitative estimate of drug-likeness (QED) is 0.161. The molecule has 0 unspecified atom stereocenters. The largest absolute Gasteiger partial charge is 0.228 e. The number of fused-ring (bicyclic) bond motifs is 5. The van der Waals surface area contributed by atoms with Gasteiger partial charge in [0.1, 0.15) is 0 Å². The van der Waals surface area contributed by atoms with Crippen molar-refractivity contribution in [3.8, 4) is 89.5 Å². The van der Waals surface area contributed by atoms with Crippen LogP contribution in [-0.2, 0) is 5.41 Å². The number of benzene rings is 8. The van der Waals surface area contributed by atoms with Gasteiger partial charge in [0.2, 0.25) is 0 Å². The van der Waals surface area contributed by atoms with E-state index < -0.39 is 0 Å². The summed E-state index contributed by atoms with van der Waals surface area (Å²) in [6.45, 7) is 0. The van der Waals surface area contributed by atoms with Gasteiger partial charge in [-0.15, -0.1) is 0 Å². The van der Waals surface area contributed by atoms with Crippen LogP contribution in [0, 0.1) is 0 Å². The van der Waals surface area contributed by atoms with Crippen LogP contribution in [-0.4, -0.2) is 9.97 Å². The maximum absolute atomic E-state index is 5.11. The minimum Gasteiger partial charge on any atom is -0.228 e. The van der Waals surface area contributed by atoms with E-state index in [1.54, 1.807) is 11.1 Å². The Hall–Kier alpha value is -7.16. The zero-order valence-electron chi connectivity index (χ0n) is 33.6. The minimum atomic E-state index is 0.199. The van der Waals surface area contributed by atoms with Crippen LogP contribution < -0.4 is 0 Å². The third kappa shape index (κ3) is 6.55. The average molecular weight is 769 g/mol. The van der Waals surface area contributed by atoms with Crippen molar-refractivity contribution in [2.24, 2.45) is 0 Å². The van der Waals surface area contributed by atoms with E-state index in [-0.39, 0.29) is 5.41 Å². The van der Waals surface area contributed by atoms with E-state index in [1.165, 1.54) is 82.2 Å². The van der Waals surface area contributed by atoms with Gasteiger partial charge < -0.3 is 0 Å². The standard InChI is InChI=1S/C58H44N2/c1-4-12-40(13-5-1)41-26-30-48(31-27-41)56-39-55(47-14-6-2-7-15-47)59-57(60-56)49-32-28-45(29-33-49)43-20-18-42(19-21-43)44-22-24-46(25-23-44)50-34-35-54-52(38-50)51-16-8-9-17-53(51)58(54)36-10-3-11-37-58/h1-2,4-9,12-35,38-39H,3,10-11,36-37H2. The van der Waals surface area contributed by atoms with Crippen molar-refractivity contribution in [1.29, 1.82) is 0 Å². The van der Waals surface area contributed by atoms with Gasteiger partial charge in [0.15, 0.2) is 5.82 Å². The maximum atomic E-state index is 5.11. The number of nitrogens with zero attached hydrogens (tertiary/aromatic N) is 2. The van der Waals surface area contributed by atoms with Gasteiger partial charge in [-0.1, -0.05) is 213 Å². The monoisotopic (exact) mass is 768 g/mol. The summed E-state index contributed by atoms with van der Waals surface area (Å²) in [6.07, 6.45) is 6.52. The molecule has 1 aromatic heterocycles. The highest BCUT2D eigenvalue weighted by Gasteiger charge is 2.43. The Kier molecular flexibility index (Phi) is 9.12. The van der Waals surface area contributed by atoms with Gasteiger partial charge in [-0.25, -0.2) is 9.97 Å². The van der Waals surface area contributed by atoms with Gasteiger partial charge in [0.25, 0.3) is 0 Å². The molecule has 60 heavy (non-hydrogen) atoms. The first-order chi connectivity index (χ1) is 29.7. The van der Waals surface area contributed by atoms with Crippen molar-refractivity contribution >= 4 is 0 Å². The molecule has 0 atom stereocenters. The summed E-state index contributed by atoms with van der Waals surface area (Å²) in [5.41, 5.74) is 20.7. The van der Waals surface area contributed by atoms with Crippen molar-refractivity contribution in [3.05, 3.63) is 217 Å². The molecule has 0 saturated heterocycles. The lowest BCUT2D eigenvalue weighted by Gasteiger charge is -2.36. The SMILES string of the molecule is c1ccc(-c2ccc(-c3cc(-c4ccccc4)nc(-c4ccc(-c5ccc(-c6ccc(-c7ccc8c(c7)-c7ccccc7C87CCCCC7)cc6)cc5)cc4)n3)cc2)cc1. The lowest BCUT2D eigenvalue weighted by atomic mass is 9.68. The van der Waals surface area contributed by atoms with Crippen LogP contribution in [0.15, 0.2) is 206 Å². The molecule has 2 nitrogen and oxygen atoms in total. The fourth-order valence-corrected chi connectivity index (χ4v) is 9.81. The molecule has 1 fully saturated rings. The molecular weight excluding hydrogens is 725 g/mol. The van der Waals surface area contributed by atoms with Crippen LogP contribution in [0.5, 0.6) is 0 Å². The smallest absolute Gasteiger partial charge is 0.160 e. The zero-order valence-corrected chi connectivity index (χ0v) is 33.6. The normalized spacial score (nSPS) is 13.8. The highest BCUT2D eigenvalue weighted by Crippen LogP contribution is 2.56. The second kappa shape index (κ2) is 15.2. The van der Waals surface area contributed by atoms with Crippen molar-refractivity contribution in [3.63, 3.8) is 0 Å². The fourth-order valence-electron chi connectivity index (χ4n) is 9.81. The first-order valence-corrected chi connectivity index (χ1v) is 21.4. The molecule has 1 heterocycles. The Morgan fingerprint density at radius 1 is 0.283 bits per heavy atom. The summed E-state index contributed by atoms with van der Waals surface area (Å²) in [6, 6.07) is 74.6. The van der Waals surface area contributed by atoms with Crippen LogP contribution in [0.2, 0.25) is 0 Å².